The van der Waals surface area contributed by atoms with Crippen molar-refractivity contribution < 1.29 is 14.0 Å². The average Bonchev–Trinajstić information content (AvgIpc) is 2.74. The van der Waals surface area contributed by atoms with Crippen LogP contribution >= 0.6 is 0 Å². The highest BCUT2D eigenvalue weighted by atomic mass is 19.1. The van der Waals surface area contributed by atoms with Gasteiger partial charge in [0.25, 0.3) is 5.91 Å². The molecule has 168 valence electrons. The minimum atomic E-state index is -0.452. The molecule has 0 saturated carbocycles. The summed E-state index contributed by atoms with van der Waals surface area (Å²) in [6.45, 7) is 7.31. The SMILES string of the molecule is CCCN(Cc1cc(NC(=O)c2cccc(F)c2)ccc1N(C)C)C(=O)C(CC)CC. The Morgan fingerprint density at radius 2 is 1.74 bits per heavy atom. The van der Waals surface area contributed by atoms with Gasteiger partial charge in [0.05, 0.1) is 0 Å². The number of carbonyl (C=O) groups excluding carboxylic acids is 2. The van der Waals surface area contributed by atoms with Crippen LogP contribution in [0.25, 0.3) is 0 Å². The molecule has 6 heteroatoms. The number of carbonyl (C=O) groups is 2. The van der Waals surface area contributed by atoms with E-state index in [0.717, 1.165) is 30.5 Å². The van der Waals surface area contributed by atoms with Crippen LogP contribution in [0.3, 0.4) is 0 Å². The van der Waals surface area contributed by atoms with E-state index >= 15 is 0 Å². The van der Waals surface area contributed by atoms with Gasteiger partial charge in [0, 0.05) is 50.0 Å². The highest BCUT2D eigenvalue weighted by Gasteiger charge is 2.22. The van der Waals surface area contributed by atoms with Crippen LogP contribution in [-0.4, -0.2) is 37.4 Å². The summed E-state index contributed by atoms with van der Waals surface area (Å²) in [7, 11) is 3.91. The maximum atomic E-state index is 13.5. The molecule has 0 atom stereocenters. The number of rotatable bonds is 10. The molecule has 5 nitrogen and oxygen atoms in total. The molecule has 0 fully saturated rings. The predicted octanol–water partition coefficient (Wildman–Crippen LogP) is 5.32. The summed E-state index contributed by atoms with van der Waals surface area (Å²) in [4.78, 5) is 29.5. The molecular formula is C25H34FN3O2. The van der Waals surface area contributed by atoms with Crippen molar-refractivity contribution in [1.29, 1.82) is 0 Å². The number of nitrogens with zero attached hydrogens (tertiary/aromatic N) is 2. The number of hydrogen-bond acceptors (Lipinski definition) is 3. The van der Waals surface area contributed by atoms with Crippen LogP contribution in [0.5, 0.6) is 0 Å². The lowest BCUT2D eigenvalue weighted by molar-refractivity contribution is -0.136. The second kappa shape index (κ2) is 11.5. The van der Waals surface area contributed by atoms with Gasteiger partial charge < -0.3 is 15.1 Å². The first kappa shape index (κ1) is 24.4. The maximum absolute atomic E-state index is 13.5. The van der Waals surface area contributed by atoms with Crippen molar-refractivity contribution in [3.8, 4) is 0 Å². The number of nitrogens with one attached hydrogen (secondary N) is 1. The fraction of sp³-hybridized carbons (Fsp3) is 0.440. The summed E-state index contributed by atoms with van der Waals surface area (Å²) in [6.07, 6.45) is 2.51. The first-order valence-corrected chi connectivity index (χ1v) is 11.0. The summed E-state index contributed by atoms with van der Waals surface area (Å²) in [5, 5.41) is 2.84. The van der Waals surface area contributed by atoms with E-state index in [4.69, 9.17) is 0 Å². The Hall–Kier alpha value is -2.89. The molecule has 0 heterocycles. The zero-order valence-corrected chi connectivity index (χ0v) is 19.2. The third-order valence-corrected chi connectivity index (χ3v) is 5.41. The molecule has 0 aromatic heterocycles. The lowest BCUT2D eigenvalue weighted by Gasteiger charge is -2.28. The minimum Gasteiger partial charge on any atom is -0.377 e. The van der Waals surface area contributed by atoms with Crippen molar-refractivity contribution in [2.45, 2.75) is 46.6 Å². The van der Waals surface area contributed by atoms with Gasteiger partial charge in [-0.05, 0) is 61.2 Å². The molecule has 0 radical (unpaired) electrons. The summed E-state index contributed by atoms with van der Waals surface area (Å²) in [5.74, 6) is -0.635. The Morgan fingerprint density at radius 3 is 2.32 bits per heavy atom. The van der Waals surface area contributed by atoms with Crippen LogP contribution in [0.4, 0.5) is 15.8 Å². The van der Waals surface area contributed by atoms with E-state index < -0.39 is 5.82 Å². The van der Waals surface area contributed by atoms with Crippen LogP contribution in [-0.2, 0) is 11.3 Å². The third-order valence-electron chi connectivity index (χ3n) is 5.41. The molecule has 0 aliphatic rings. The molecule has 0 bridgehead atoms. The fourth-order valence-electron chi connectivity index (χ4n) is 3.70. The second-order valence-electron chi connectivity index (χ2n) is 7.98. The van der Waals surface area contributed by atoms with Crippen LogP contribution < -0.4 is 10.2 Å². The Balaban J connectivity index is 2.31. The second-order valence-corrected chi connectivity index (χ2v) is 7.98. The molecule has 0 aliphatic carbocycles. The monoisotopic (exact) mass is 427 g/mol. The lowest BCUT2D eigenvalue weighted by Crippen LogP contribution is -2.36. The molecule has 0 unspecified atom stereocenters. The van der Waals surface area contributed by atoms with Gasteiger partial charge >= 0.3 is 0 Å². The van der Waals surface area contributed by atoms with Gasteiger partial charge in [0.2, 0.25) is 5.91 Å². The van der Waals surface area contributed by atoms with E-state index in [9.17, 15) is 14.0 Å². The normalized spacial score (nSPS) is 10.8. The van der Waals surface area contributed by atoms with Crippen molar-refractivity contribution in [3.63, 3.8) is 0 Å². The zero-order chi connectivity index (χ0) is 23.0. The molecule has 2 aromatic carbocycles. The number of benzene rings is 2. The van der Waals surface area contributed by atoms with Crippen molar-refractivity contribution in [2.75, 3.05) is 30.9 Å². The molecule has 0 aliphatic heterocycles. The van der Waals surface area contributed by atoms with E-state index in [2.05, 4.69) is 12.2 Å². The molecule has 0 spiro atoms. The Labute approximate surface area is 185 Å². The van der Waals surface area contributed by atoms with E-state index in [-0.39, 0.29) is 23.3 Å². The molecule has 0 saturated heterocycles. The van der Waals surface area contributed by atoms with Crippen molar-refractivity contribution >= 4 is 23.2 Å². The van der Waals surface area contributed by atoms with Gasteiger partial charge in [-0.25, -0.2) is 4.39 Å². The molecule has 1 N–H and O–H groups in total. The van der Waals surface area contributed by atoms with E-state index in [1.54, 1.807) is 6.07 Å². The summed E-state index contributed by atoms with van der Waals surface area (Å²) >= 11 is 0. The van der Waals surface area contributed by atoms with Crippen LogP contribution in [0.15, 0.2) is 42.5 Å². The van der Waals surface area contributed by atoms with E-state index in [1.807, 2.05) is 55.9 Å². The number of hydrogen-bond donors (Lipinski definition) is 1. The fourth-order valence-corrected chi connectivity index (χ4v) is 3.70. The Bertz CT molecular complexity index is 894. The zero-order valence-electron chi connectivity index (χ0n) is 19.2. The highest BCUT2D eigenvalue weighted by molar-refractivity contribution is 6.04. The molecule has 2 amide bonds. The van der Waals surface area contributed by atoms with Gasteiger partial charge in [-0.1, -0.05) is 26.8 Å². The van der Waals surface area contributed by atoms with Gasteiger partial charge in [-0.3, -0.25) is 9.59 Å². The Morgan fingerprint density at radius 1 is 1.03 bits per heavy atom. The van der Waals surface area contributed by atoms with Gasteiger partial charge in [0.15, 0.2) is 0 Å². The summed E-state index contributed by atoms with van der Waals surface area (Å²) in [5.41, 5.74) is 2.81. The van der Waals surface area contributed by atoms with Crippen LogP contribution in [0.2, 0.25) is 0 Å². The number of amides is 2. The van der Waals surface area contributed by atoms with Gasteiger partial charge in [-0.15, -0.1) is 0 Å². The minimum absolute atomic E-state index is 0.0187. The summed E-state index contributed by atoms with van der Waals surface area (Å²) < 4.78 is 13.5. The van der Waals surface area contributed by atoms with Crippen LogP contribution in [0, 0.1) is 11.7 Å². The highest BCUT2D eigenvalue weighted by Crippen LogP contribution is 2.26. The molecular weight excluding hydrogens is 393 g/mol. The average molecular weight is 428 g/mol. The Kier molecular flexibility index (Phi) is 9.03. The smallest absolute Gasteiger partial charge is 0.255 e. The van der Waals surface area contributed by atoms with Gasteiger partial charge in [0.1, 0.15) is 5.82 Å². The quantitative estimate of drug-likeness (QED) is 0.558. The third kappa shape index (κ3) is 6.54. The van der Waals surface area contributed by atoms with E-state index in [0.29, 0.717) is 18.8 Å². The van der Waals surface area contributed by atoms with Crippen molar-refractivity contribution in [3.05, 3.63) is 59.4 Å². The largest absolute Gasteiger partial charge is 0.377 e. The van der Waals surface area contributed by atoms with Crippen molar-refractivity contribution in [2.24, 2.45) is 5.92 Å². The maximum Gasteiger partial charge on any atom is 0.255 e. The van der Waals surface area contributed by atoms with Crippen LogP contribution in [0.1, 0.15) is 56.0 Å². The first-order chi connectivity index (χ1) is 14.8. The van der Waals surface area contributed by atoms with Crippen molar-refractivity contribution in [1.82, 2.24) is 4.90 Å². The standard InChI is InChI=1S/C25H34FN3O2/c1-6-14-29(25(31)18(7-2)8-3)17-20-16-22(12-13-23(20)28(4)5)27-24(30)19-10-9-11-21(26)15-19/h9-13,15-16,18H,6-8,14,17H2,1-5H3,(H,27,30). The number of anilines is 2. The molecule has 2 aromatic rings. The topological polar surface area (TPSA) is 52.7 Å². The molecule has 31 heavy (non-hydrogen) atoms. The predicted molar refractivity (Wildman–Crippen MR) is 125 cm³/mol. The lowest BCUT2D eigenvalue weighted by atomic mass is 10.0. The first-order valence-electron chi connectivity index (χ1n) is 11.0. The number of halogens is 1. The summed E-state index contributed by atoms with van der Waals surface area (Å²) in [6, 6.07) is 11.3. The van der Waals surface area contributed by atoms with Gasteiger partial charge in [-0.2, -0.15) is 0 Å². The van der Waals surface area contributed by atoms with E-state index in [1.165, 1.54) is 18.2 Å². The molecule has 2 rings (SSSR count).